The fourth-order valence-electron chi connectivity index (χ4n) is 3.97. The molecular weight excluding hydrogens is 264 g/mol. The molecule has 5 nitrogen and oxygen atoms in total. The van der Waals surface area contributed by atoms with Gasteiger partial charge in [0.1, 0.15) is 0 Å². The normalized spacial score (nSPS) is 38.3. The molecule has 3 rings (SSSR count). The molecule has 1 saturated carbocycles. The van der Waals surface area contributed by atoms with Gasteiger partial charge in [-0.25, -0.2) is 0 Å². The highest BCUT2D eigenvalue weighted by Crippen LogP contribution is 2.37. The van der Waals surface area contributed by atoms with Crippen molar-refractivity contribution in [1.82, 2.24) is 8.61 Å². The van der Waals surface area contributed by atoms with Crippen LogP contribution >= 0.6 is 0 Å². The SMILES string of the molecule is O=S(=O)(N1CCCC1)N1CCCC1C1CCCC1O. The molecule has 0 amide bonds. The van der Waals surface area contributed by atoms with Gasteiger partial charge in [-0.15, -0.1) is 0 Å². The van der Waals surface area contributed by atoms with Crippen molar-refractivity contribution in [2.45, 2.75) is 57.1 Å². The van der Waals surface area contributed by atoms with Crippen LogP contribution < -0.4 is 0 Å². The summed E-state index contributed by atoms with van der Waals surface area (Å²) in [5.41, 5.74) is 0. The zero-order chi connectivity index (χ0) is 13.5. The molecule has 1 aliphatic carbocycles. The summed E-state index contributed by atoms with van der Waals surface area (Å²) < 4.78 is 28.7. The average molecular weight is 288 g/mol. The third-order valence-electron chi connectivity index (χ3n) is 4.96. The summed E-state index contributed by atoms with van der Waals surface area (Å²) in [6, 6.07) is 0.0306. The van der Waals surface area contributed by atoms with Gasteiger partial charge in [0.2, 0.25) is 0 Å². The summed E-state index contributed by atoms with van der Waals surface area (Å²) in [6.45, 7) is 1.96. The maximum atomic E-state index is 12.7. The lowest BCUT2D eigenvalue weighted by atomic mass is 9.95. The molecule has 1 N–H and O–H groups in total. The van der Waals surface area contributed by atoms with Gasteiger partial charge in [0.15, 0.2) is 0 Å². The molecule has 2 saturated heterocycles. The van der Waals surface area contributed by atoms with Gasteiger partial charge in [-0.1, -0.05) is 6.42 Å². The highest BCUT2D eigenvalue weighted by molar-refractivity contribution is 7.86. The molecule has 0 spiro atoms. The Kier molecular flexibility index (Phi) is 3.86. The molecule has 0 aromatic heterocycles. The highest BCUT2D eigenvalue weighted by Gasteiger charge is 2.45. The minimum absolute atomic E-state index is 0.0306. The lowest BCUT2D eigenvalue weighted by Crippen LogP contribution is -2.48. The second-order valence-corrected chi connectivity index (χ2v) is 7.98. The first-order valence-electron chi connectivity index (χ1n) is 7.55. The van der Waals surface area contributed by atoms with Gasteiger partial charge in [-0.3, -0.25) is 0 Å². The third kappa shape index (κ3) is 2.44. The molecule has 6 heteroatoms. The molecule has 0 bridgehead atoms. The van der Waals surface area contributed by atoms with Gasteiger partial charge in [0.25, 0.3) is 10.2 Å². The largest absolute Gasteiger partial charge is 0.393 e. The monoisotopic (exact) mass is 288 g/mol. The average Bonchev–Trinajstić information content (AvgIpc) is 3.10. The maximum absolute atomic E-state index is 12.7. The minimum atomic E-state index is -3.29. The van der Waals surface area contributed by atoms with Gasteiger partial charge >= 0.3 is 0 Å². The van der Waals surface area contributed by atoms with E-state index in [-0.39, 0.29) is 18.1 Å². The topological polar surface area (TPSA) is 60.9 Å². The summed E-state index contributed by atoms with van der Waals surface area (Å²) in [5.74, 6) is 0.153. The lowest BCUT2D eigenvalue weighted by Gasteiger charge is -2.33. The number of hydrogen-bond donors (Lipinski definition) is 1. The predicted molar refractivity (Wildman–Crippen MR) is 72.8 cm³/mol. The fourth-order valence-corrected chi connectivity index (χ4v) is 5.95. The van der Waals surface area contributed by atoms with E-state index in [0.29, 0.717) is 19.6 Å². The molecule has 2 aliphatic heterocycles. The zero-order valence-corrected chi connectivity index (χ0v) is 12.2. The molecule has 3 unspecified atom stereocenters. The van der Waals surface area contributed by atoms with E-state index in [0.717, 1.165) is 44.9 Å². The summed E-state index contributed by atoms with van der Waals surface area (Å²) >= 11 is 0. The second kappa shape index (κ2) is 5.31. The van der Waals surface area contributed by atoms with Crippen molar-refractivity contribution in [2.75, 3.05) is 19.6 Å². The standard InChI is InChI=1S/C13H24N2O3S/c16-13-7-3-5-11(13)12-6-4-10-15(12)19(17,18)14-8-1-2-9-14/h11-13,16H,1-10H2. The number of rotatable bonds is 3. The van der Waals surface area contributed by atoms with Gasteiger partial charge in [0.05, 0.1) is 6.10 Å². The molecule has 2 heterocycles. The Balaban J connectivity index is 1.78. The Morgan fingerprint density at radius 2 is 1.63 bits per heavy atom. The van der Waals surface area contributed by atoms with Crippen molar-refractivity contribution >= 4 is 10.2 Å². The lowest BCUT2D eigenvalue weighted by molar-refractivity contribution is 0.0960. The molecule has 0 radical (unpaired) electrons. The van der Waals surface area contributed by atoms with Gasteiger partial charge in [0, 0.05) is 31.6 Å². The molecule has 3 aliphatic rings. The molecule has 0 aromatic carbocycles. The first-order chi connectivity index (χ1) is 9.10. The number of nitrogens with zero attached hydrogens (tertiary/aromatic N) is 2. The van der Waals surface area contributed by atoms with Gasteiger partial charge in [-0.05, 0) is 38.5 Å². The van der Waals surface area contributed by atoms with Gasteiger partial charge in [-0.2, -0.15) is 17.0 Å². The molecule has 110 valence electrons. The van der Waals surface area contributed by atoms with Crippen molar-refractivity contribution in [3.05, 3.63) is 0 Å². The van der Waals surface area contributed by atoms with Crippen LogP contribution in [0.1, 0.15) is 44.9 Å². The maximum Gasteiger partial charge on any atom is 0.282 e. The zero-order valence-electron chi connectivity index (χ0n) is 11.4. The van der Waals surface area contributed by atoms with E-state index in [1.54, 1.807) is 8.61 Å². The first-order valence-corrected chi connectivity index (χ1v) is 8.95. The van der Waals surface area contributed by atoms with Gasteiger partial charge < -0.3 is 5.11 Å². The van der Waals surface area contributed by atoms with E-state index in [1.165, 1.54) is 0 Å². The molecule has 3 fully saturated rings. The van der Waals surface area contributed by atoms with E-state index in [2.05, 4.69) is 0 Å². The molecular formula is C13H24N2O3S. The van der Waals surface area contributed by atoms with Crippen LogP contribution in [0, 0.1) is 5.92 Å². The smallest absolute Gasteiger partial charge is 0.282 e. The van der Waals surface area contributed by atoms with E-state index in [9.17, 15) is 13.5 Å². The van der Waals surface area contributed by atoms with Crippen molar-refractivity contribution < 1.29 is 13.5 Å². The van der Waals surface area contributed by atoms with E-state index in [4.69, 9.17) is 0 Å². The van der Waals surface area contributed by atoms with Crippen LogP contribution in [0.5, 0.6) is 0 Å². The Bertz CT molecular complexity index is 420. The van der Waals surface area contributed by atoms with Crippen LogP contribution in [0.4, 0.5) is 0 Å². The number of aliphatic hydroxyl groups is 1. The predicted octanol–water partition coefficient (Wildman–Crippen LogP) is 0.952. The molecule has 0 aromatic rings. The van der Waals surface area contributed by atoms with Crippen LogP contribution in [0.15, 0.2) is 0 Å². The summed E-state index contributed by atoms with van der Waals surface area (Å²) in [5, 5.41) is 10.1. The van der Waals surface area contributed by atoms with Crippen molar-refractivity contribution in [2.24, 2.45) is 5.92 Å². The van der Waals surface area contributed by atoms with E-state index >= 15 is 0 Å². The molecule has 3 atom stereocenters. The second-order valence-electron chi connectivity index (χ2n) is 6.10. The first kappa shape index (κ1) is 13.8. The Labute approximate surface area is 115 Å². The van der Waals surface area contributed by atoms with Crippen LogP contribution in [-0.4, -0.2) is 53.9 Å². The summed E-state index contributed by atoms with van der Waals surface area (Å²) in [6.07, 6.45) is 6.32. The molecule has 19 heavy (non-hydrogen) atoms. The number of hydrogen-bond acceptors (Lipinski definition) is 3. The Morgan fingerprint density at radius 3 is 2.26 bits per heavy atom. The van der Waals surface area contributed by atoms with Crippen LogP contribution in [0.2, 0.25) is 0 Å². The minimum Gasteiger partial charge on any atom is -0.393 e. The van der Waals surface area contributed by atoms with E-state index < -0.39 is 10.2 Å². The van der Waals surface area contributed by atoms with Crippen LogP contribution in [0.25, 0.3) is 0 Å². The Hall–Kier alpha value is -0.170. The van der Waals surface area contributed by atoms with Crippen molar-refractivity contribution in [3.63, 3.8) is 0 Å². The summed E-state index contributed by atoms with van der Waals surface area (Å²) in [7, 11) is -3.29. The fraction of sp³-hybridized carbons (Fsp3) is 1.00. The summed E-state index contributed by atoms with van der Waals surface area (Å²) in [4.78, 5) is 0. The van der Waals surface area contributed by atoms with E-state index in [1.807, 2.05) is 0 Å². The number of aliphatic hydroxyl groups excluding tert-OH is 1. The highest BCUT2D eigenvalue weighted by atomic mass is 32.2. The van der Waals surface area contributed by atoms with Crippen molar-refractivity contribution in [1.29, 1.82) is 0 Å². The van der Waals surface area contributed by atoms with Crippen LogP contribution in [-0.2, 0) is 10.2 Å². The van der Waals surface area contributed by atoms with Crippen LogP contribution in [0.3, 0.4) is 0 Å². The quantitative estimate of drug-likeness (QED) is 0.841. The third-order valence-corrected chi connectivity index (χ3v) is 7.03. The van der Waals surface area contributed by atoms with Crippen molar-refractivity contribution in [3.8, 4) is 0 Å². The Morgan fingerprint density at radius 1 is 0.895 bits per heavy atom.